The Balaban J connectivity index is 1.33. The molecule has 5 rings (SSSR count). The van der Waals surface area contributed by atoms with Gasteiger partial charge in [0.05, 0.1) is 24.4 Å². The summed E-state index contributed by atoms with van der Waals surface area (Å²) in [6.45, 7) is 19.0. The lowest BCUT2D eigenvalue weighted by atomic mass is 9.47. The maximum Gasteiger partial charge on any atom is 0.0974 e. The third-order valence-corrected chi connectivity index (χ3v) is 12.5. The molecule has 33 heavy (non-hydrogen) atoms. The first-order valence-corrected chi connectivity index (χ1v) is 14.8. The molecule has 9 atom stereocenters. The molecule has 1 spiro atoms. The number of fused-ring (bicyclic) bond motifs is 5. The van der Waals surface area contributed by atoms with E-state index >= 15 is 0 Å². The van der Waals surface area contributed by atoms with Crippen molar-refractivity contribution in [2.75, 3.05) is 13.2 Å². The normalized spacial score (nSPS) is 49.6. The highest BCUT2D eigenvalue weighted by molar-refractivity contribution is 5.17. The molecule has 2 nitrogen and oxygen atoms in total. The molecule has 1 aliphatic heterocycles. The SMILES string of the molecule is CC(C)CCC[C@@H](C)[C@H]1CC[C@H]2C3CC[C@H]4C[C@@]5(C[C@]4(C)C3CC[C@]12C)OCCOC5(C)C. The monoisotopic (exact) mass is 458 g/mol. The summed E-state index contributed by atoms with van der Waals surface area (Å²) in [5, 5.41) is 0. The molecule has 0 amide bonds. The lowest BCUT2D eigenvalue weighted by molar-refractivity contribution is -0.247. The minimum atomic E-state index is -0.145. The number of hydrogen-bond donors (Lipinski definition) is 0. The van der Waals surface area contributed by atoms with E-state index in [0.717, 1.165) is 54.6 Å². The Bertz CT molecular complexity index is 714. The van der Waals surface area contributed by atoms with Gasteiger partial charge < -0.3 is 9.47 Å². The van der Waals surface area contributed by atoms with Gasteiger partial charge in [-0.1, -0.05) is 53.9 Å². The van der Waals surface area contributed by atoms with Crippen LogP contribution >= 0.6 is 0 Å². The van der Waals surface area contributed by atoms with Crippen molar-refractivity contribution in [3.8, 4) is 0 Å². The maximum absolute atomic E-state index is 6.66. The molecular formula is C31H54O2. The number of rotatable bonds is 5. The molecule has 0 bridgehead atoms. The smallest absolute Gasteiger partial charge is 0.0974 e. The second-order valence-corrected chi connectivity index (χ2v) is 14.8. The molecule has 5 aliphatic rings. The molecule has 4 aliphatic carbocycles. The third kappa shape index (κ3) is 3.78. The molecule has 0 radical (unpaired) electrons. The first-order chi connectivity index (χ1) is 15.5. The lowest BCUT2D eigenvalue weighted by Gasteiger charge is -2.58. The lowest BCUT2D eigenvalue weighted by Crippen LogP contribution is -2.57. The van der Waals surface area contributed by atoms with Crippen LogP contribution in [0.25, 0.3) is 0 Å². The Morgan fingerprint density at radius 2 is 1.52 bits per heavy atom. The van der Waals surface area contributed by atoms with Gasteiger partial charge in [0.15, 0.2) is 0 Å². The van der Waals surface area contributed by atoms with E-state index in [0.29, 0.717) is 10.8 Å². The molecule has 0 aromatic rings. The van der Waals surface area contributed by atoms with Crippen LogP contribution in [0.4, 0.5) is 0 Å². The van der Waals surface area contributed by atoms with Gasteiger partial charge in [-0.15, -0.1) is 0 Å². The fourth-order valence-corrected chi connectivity index (χ4v) is 10.7. The van der Waals surface area contributed by atoms with Crippen LogP contribution in [0.1, 0.15) is 119 Å². The zero-order valence-electron chi connectivity index (χ0n) is 23.1. The van der Waals surface area contributed by atoms with Gasteiger partial charge in [-0.3, -0.25) is 0 Å². The summed E-state index contributed by atoms with van der Waals surface area (Å²) in [4.78, 5) is 0. The Labute approximate surface area is 205 Å². The first-order valence-electron chi connectivity index (χ1n) is 14.8. The van der Waals surface area contributed by atoms with Crippen LogP contribution in [-0.2, 0) is 9.47 Å². The third-order valence-electron chi connectivity index (χ3n) is 12.5. The quantitative estimate of drug-likeness (QED) is 0.412. The highest BCUT2D eigenvalue weighted by Crippen LogP contribution is 2.71. The molecule has 0 aromatic heterocycles. The second-order valence-electron chi connectivity index (χ2n) is 14.8. The maximum atomic E-state index is 6.66. The van der Waals surface area contributed by atoms with Crippen LogP contribution in [0, 0.1) is 52.3 Å². The van der Waals surface area contributed by atoms with E-state index in [2.05, 4.69) is 48.5 Å². The van der Waals surface area contributed by atoms with Crippen molar-refractivity contribution in [2.45, 2.75) is 130 Å². The Morgan fingerprint density at radius 3 is 2.24 bits per heavy atom. The molecule has 5 fully saturated rings. The van der Waals surface area contributed by atoms with E-state index in [9.17, 15) is 0 Å². The predicted octanol–water partition coefficient (Wildman–Crippen LogP) is 8.28. The van der Waals surface area contributed by atoms with Crippen molar-refractivity contribution in [1.29, 1.82) is 0 Å². The Morgan fingerprint density at radius 1 is 0.788 bits per heavy atom. The van der Waals surface area contributed by atoms with E-state index in [1.165, 1.54) is 70.6 Å². The Hall–Kier alpha value is -0.0800. The van der Waals surface area contributed by atoms with E-state index in [1.54, 1.807) is 0 Å². The van der Waals surface area contributed by atoms with Crippen molar-refractivity contribution in [1.82, 2.24) is 0 Å². The van der Waals surface area contributed by atoms with E-state index in [4.69, 9.17) is 9.47 Å². The minimum absolute atomic E-state index is 0.0521. The van der Waals surface area contributed by atoms with Crippen LogP contribution in [-0.4, -0.2) is 24.4 Å². The molecule has 2 heteroatoms. The van der Waals surface area contributed by atoms with Crippen molar-refractivity contribution in [2.24, 2.45) is 52.3 Å². The zero-order chi connectivity index (χ0) is 23.6. The summed E-state index contributed by atoms with van der Waals surface area (Å²) in [6.07, 6.45) is 15.6. The zero-order valence-corrected chi connectivity index (χ0v) is 23.1. The van der Waals surface area contributed by atoms with Gasteiger partial charge in [-0.2, -0.15) is 0 Å². The summed E-state index contributed by atoms with van der Waals surface area (Å²) in [7, 11) is 0. The number of hydrogen-bond acceptors (Lipinski definition) is 2. The molecular weight excluding hydrogens is 404 g/mol. The van der Waals surface area contributed by atoms with Gasteiger partial charge in [0.25, 0.3) is 0 Å². The minimum Gasteiger partial charge on any atom is -0.370 e. The summed E-state index contributed by atoms with van der Waals surface area (Å²) in [5.41, 5.74) is 0.850. The molecule has 190 valence electrons. The van der Waals surface area contributed by atoms with Crippen LogP contribution < -0.4 is 0 Å². The van der Waals surface area contributed by atoms with Crippen molar-refractivity contribution < 1.29 is 9.47 Å². The first kappa shape index (κ1) is 24.6. The van der Waals surface area contributed by atoms with E-state index in [1.807, 2.05) is 0 Å². The molecule has 0 aromatic carbocycles. The topological polar surface area (TPSA) is 18.5 Å². The summed E-state index contributed by atoms with van der Waals surface area (Å²) < 4.78 is 13.0. The summed E-state index contributed by atoms with van der Waals surface area (Å²) in [5.74, 6) is 6.39. The Kier molecular flexibility index (Phi) is 6.34. The van der Waals surface area contributed by atoms with Crippen LogP contribution in [0.15, 0.2) is 0 Å². The van der Waals surface area contributed by atoms with E-state index < -0.39 is 0 Å². The molecule has 4 saturated carbocycles. The molecule has 1 saturated heterocycles. The fourth-order valence-electron chi connectivity index (χ4n) is 10.7. The second kappa shape index (κ2) is 8.50. The standard InChI is InChI=1S/C31H54O2/c1-21(2)9-8-10-22(3)25-13-14-26-24-12-11-23-19-31(28(4,5)32-17-18-33-31)20-30(23,7)27(24)15-16-29(25,26)6/h21-27H,8-20H2,1-7H3/t22-,23+,24?,25-,26+,27?,29-,30+,31+/m1/s1. The van der Waals surface area contributed by atoms with Crippen LogP contribution in [0.2, 0.25) is 0 Å². The molecule has 0 N–H and O–H groups in total. The van der Waals surface area contributed by atoms with Gasteiger partial charge in [-0.25, -0.2) is 0 Å². The van der Waals surface area contributed by atoms with Gasteiger partial charge >= 0.3 is 0 Å². The molecule has 1 heterocycles. The highest BCUT2D eigenvalue weighted by atomic mass is 16.6. The van der Waals surface area contributed by atoms with Gasteiger partial charge in [-0.05, 0) is 117 Å². The summed E-state index contributed by atoms with van der Waals surface area (Å²) >= 11 is 0. The predicted molar refractivity (Wildman–Crippen MR) is 137 cm³/mol. The van der Waals surface area contributed by atoms with Crippen LogP contribution in [0.3, 0.4) is 0 Å². The van der Waals surface area contributed by atoms with Crippen molar-refractivity contribution in [3.05, 3.63) is 0 Å². The van der Waals surface area contributed by atoms with Gasteiger partial charge in [0, 0.05) is 0 Å². The average molecular weight is 459 g/mol. The van der Waals surface area contributed by atoms with Gasteiger partial charge in [0.2, 0.25) is 0 Å². The van der Waals surface area contributed by atoms with Gasteiger partial charge in [0.1, 0.15) is 0 Å². The van der Waals surface area contributed by atoms with Crippen molar-refractivity contribution >= 4 is 0 Å². The molecule has 2 unspecified atom stereocenters. The summed E-state index contributed by atoms with van der Waals surface area (Å²) in [6, 6.07) is 0. The van der Waals surface area contributed by atoms with E-state index in [-0.39, 0.29) is 11.2 Å². The van der Waals surface area contributed by atoms with Crippen LogP contribution in [0.5, 0.6) is 0 Å². The fraction of sp³-hybridized carbons (Fsp3) is 1.00. The number of ether oxygens (including phenoxy) is 2. The van der Waals surface area contributed by atoms with Crippen molar-refractivity contribution in [3.63, 3.8) is 0 Å². The largest absolute Gasteiger partial charge is 0.370 e. The highest BCUT2D eigenvalue weighted by Gasteiger charge is 2.67. The average Bonchev–Trinajstić information content (AvgIpc) is 3.25.